The van der Waals surface area contributed by atoms with Gasteiger partial charge in [-0.1, -0.05) is 6.92 Å². The number of phenolic OH excluding ortho intramolecular Hbond substituents is 1. The van der Waals surface area contributed by atoms with E-state index in [0.29, 0.717) is 24.6 Å². The molecule has 0 spiro atoms. The van der Waals surface area contributed by atoms with Gasteiger partial charge in [0.15, 0.2) is 0 Å². The number of nitrogens with one attached hydrogen (secondary N) is 1. The number of rotatable bonds is 4. The van der Waals surface area contributed by atoms with E-state index in [1.54, 1.807) is 0 Å². The minimum atomic E-state index is 0.104. The number of aryl methyl sites for hydroxylation is 1. The highest BCUT2D eigenvalue weighted by atomic mass is 79.9. The van der Waals surface area contributed by atoms with E-state index in [9.17, 15) is 9.90 Å². The van der Waals surface area contributed by atoms with Crippen LogP contribution in [0.5, 0.6) is 5.75 Å². The molecule has 1 aliphatic carbocycles. The predicted molar refractivity (Wildman–Crippen MR) is 74.8 cm³/mol. The fourth-order valence-electron chi connectivity index (χ4n) is 2.51. The highest BCUT2D eigenvalue weighted by Gasteiger charge is 2.23. The summed E-state index contributed by atoms with van der Waals surface area (Å²) in [6, 6.07) is 3.87. The number of carbonyl (C=O) groups is 1. The largest absolute Gasteiger partial charge is 0.507 e. The van der Waals surface area contributed by atoms with Crippen LogP contribution in [0.1, 0.15) is 43.2 Å². The summed E-state index contributed by atoms with van der Waals surface area (Å²) in [5.74, 6) is 0.862. The quantitative estimate of drug-likeness (QED) is 0.897. The Morgan fingerprint density at radius 3 is 3.06 bits per heavy atom. The molecule has 4 heteroatoms. The first-order valence-electron chi connectivity index (χ1n) is 6.39. The molecule has 1 aromatic carbocycles. The summed E-state index contributed by atoms with van der Waals surface area (Å²) in [7, 11) is 0. The molecule has 0 fully saturated rings. The zero-order valence-electron chi connectivity index (χ0n) is 10.5. The van der Waals surface area contributed by atoms with Crippen LogP contribution in [0.15, 0.2) is 16.6 Å². The van der Waals surface area contributed by atoms with Crippen LogP contribution < -0.4 is 5.32 Å². The van der Waals surface area contributed by atoms with Gasteiger partial charge < -0.3 is 10.4 Å². The number of halogens is 1. The van der Waals surface area contributed by atoms with Crippen LogP contribution in [0.2, 0.25) is 0 Å². The summed E-state index contributed by atoms with van der Waals surface area (Å²) in [4.78, 5) is 11.2. The smallest absolute Gasteiger partial charge is 0.219 e. The Balaban J connectivity index is 1.99. The Kier molecular flexibility index (Phi) is 4.27. The van der Waals surface area contributed by atoms with Gasteiger partial charge in [0.05, 0.1) is 4.47 Å². The van der Waals surface area contributed by atoms with Gasteiger partial charge in [0.2, 0.25) is 5.91 Å². The third kappa shape index (κ3) is 2.86. The van der Waals surface area contributed by atoms with Crippen molar-refractivity contribution >= 4 is 21.8 Å². The molecule has 1 aliphatic rings. The molecule has 1 amide bonds. The van der Waals surface area contributed by atoms with Crippen LogP contribution >= 0.6 is 15.9 Å². The van der Waals surface area contributed by atoms with Crippen molar-refractivity contribution in [3.63, 3.8) is 0 Å². The van der Waals surface area contributed by atoms with Crippen molar-refractivity contribution in [1.29, 1.82) is 0 Å². The first-order chi connectivity index (χ1) is 8.61. The van der Waals surface area contributed by atoms with Gasteiger partial charge in [-0.3, -0.25) is 4.79 Å². The van der Waals surface area contributed by atoms with E-state index < -0.39 is 0 Å². The van der Waals surface area contributed by atoms with Crippen LogP contribution in [-0.4, -0.2) is 17.6 Å². The molecule has 0 saturated carbocycles. The number of hydrogen-bond acceptors (Lipinski definition) is 2. The summed E-state index contributed by atoms with van der Waals surface area (Å²) < 4.78 is 0.765. The molecule has 1 atom stereocenters. The van der Waals surface area contributed by atoms with E-state index in [0.717, 1.165) is 23.7 Å². The third-order valence-electron chi connectivity index (χ3n) is 3.55. The Morgan fingerprint density at radius 2 is 2.33 bits per heavy atom. The topological polar surface area (TPSA) is 49.3 Å². The molecule has 0 saturated heterocycles. The van der Waals surface area contributed by atoms with E-state index in [2.05, 4.69) is 21.2 Å². The number of benzene rings is 1. The van der Waals surface area contributed by atoms with Crippen molar-refractivity contribution in [2.75, 3.05) is 6.54 Å². The molecule has 0 aromatic heterocycles. The molecule has 0 unspecified atom stereocenters. The highest BCUT2D eigenvalue weighted by Crippen LogP contribution is 2.40. The van der Waals surface area contributed by atoms with Gasteiger partial charge in [-0.2, -0.15) is 0 Å². The predicted octanol–water partition coefficient (Wildman–Crippen LogP) is 3.10. The number of aromatic hydroxyl groups is 1. The Labute approximate surface area is 116 Å². The minimum absolute atomic E-state index is 0.104. The molecule has 2 N–H and O–H groups in total. The van der Waals surface area contributed by atoms with Crippen LogP contribution in [0, 0.1) is 0 Å². The summed E-state index contributed by atoms with van der Waals surface area (Å²) in [5.41, 5.74) is 2.55. The summed E-state index contributed by atoms with van der Waals surface area (Å²) >= 11 is 3.34. The number of carbonyl (C=O) groups excluding carboxylic acids is 1. The maximum atomic E-state index is 11.2. The first kappa shape index (κ1) is 13.4. The molecule has 0 radical (unpaired) electrons. The molecule has 18 heavy (non-hydrogen) atoms. The van der Waals surface area contributed by atoms with E-state index in [4.69, 9.17) is 0 Å². The molecule has 0 heterocycles. The fourth-order valence-corrected chi connectivity index (χ4v) is 2.90. The van der Waals surface area contributed by atoms with Gasteiger partial charge >= 0.3 is 0 Å². The number of hydrogen-bond donors (Lipinski definition) is 2. The van der Waals surface area contributed by atoms with E-state index in [1.807, 2.05) is 19.1 Å². The maximum absolute atomic E-state index is 11.2. The van der Waals surface area contributed by atoms with Crippen molar-refractivity contribution in [1.82, 2.24) is 5.32 Å². The lowest BCUT2D eigenvalue weighted by atomic mass is 9.97. The lowest BCUT2D eigenvalue weighted by Gasteiger charge is -2.12. The second kappa shape index (κ2) is 5.74. The van der Waals surface area contributed by atoms with Gasteiger partial charge in [0, 0.05) is 13.0 Å². The van der Waals surface area contributed by atoms with Gasteiger partial charge in [-0.15, -0.1) is 0 Å². The zero-order valence-corrected chi connectivity index (χ0v) is 12.1. The van der Waals surface area contributed by atoms with Crippen molar-refractivity contribution < 1.29 is 9.90 Å². The van der Waals surface area contributed by atoms with Gasteiger partial charge in [-0.25, -0.2) is 0 Å². The maximum Gasteiger partial charge on any atom is 0.219 e. The number of fused-ring (bicyclic) bond motifs is 1. The SMILES string of the molecule is CCC(=O)NCC[C@@H]1CCc2cc(Br)c(O)cc21. The molecule has 3 nitrogen and oxygen atoms in total. The molecular weight excluding hydrogens is 294 g/mol. The molecular formula is C14H18BrNO2. The van der Waals surface area contributed by atoms with Crippen LogP contribution in [0.4, 0.5) is 0 Å². The number of amides is 1. The van der Waals surface area contributed by atoms with Crippen LogP contribution in [0.25, 0.3) is 0 Å². The van der Waals surface area contributed by atoms with Crippen molar-refractivity contribution in [3.8, 4) is 5.75 Å². The Bertz CT molecular complexity index is 459. The fraction of sp³-hybridized carbons (Fsp3) is 0.500. The lowest BCUT2D eigenvalue weighted by Crippen LogP contribution is -2.24. The third-order valence-corrected chi connectivity index (χ3v) is 4.18. The average Bonchev–Trinajstić information content (AvgIpc) is 2.72. The molecule has 1 aromatic rings. The summed E-state index contributed by atoms with van der Waals surface area (Å²) in [5, 5.41) is 12.6. The molecule has 2 rings (SSSR count). The van der Waals surface area contributed by atoms with Crippen LogP contribution in [-0.2, 0) is 11.2 Å². The molecule has 0 aliphatic heterocycles. The Hall–Kier alpha value is -1.03. The second-order valence-electron chi connectivity index (χ2n) is 4.73. The molecule has 0 bridgehead atoms. The standard InChI is InChI=1S/C14H18BrNO2/c1-2-14(18)16-6-5-9-3-4-10-7-12(15)13(17)8-11(9)10/h7-9,17H,2-6H2,1H3,(H,16,18)/t9-/m0/s1. The molecule has 98 valence electrons. The minimum Gasteiger partial charge on any atom is -0.507 e. The van der Waals surface area contributed by atoms with Crippen molar-refractivity contribution in [3.05, 3.63) is 27.7 Å². The van der Waals surface area contributed by atoms with Gasteiger partial charge in [-0.05, 0) is 64.4 Å². The van der Waals surface area contributed by atoms with Gasteiger partial charge in [0.1, 0.15) is 5.75 Å². The van der Waals surface area contributed by atoms with Crippen molar-refractivity contribution in [2.24, 2.45) is 0 Å². The van der Waals surface area contributed by atoms with Crippen molar-refractivity contribution in [2.45, 2.75) is 38.5 Å². The first-order valence-corrected chi connectivity index (χ1v) is 7.19. The Morgan fingerprint density at radius 1 is 1.56 bits per heavy atom. The van der Waals surface area contributed by atoms with E-state index in [1.165, 1.54) is 11.1 Å². The van der Waals surface area contributed by atoms with E-state index >= 15 is 0 Å². The summed E-state index contributed by atoms with van der Waals surface area (Å²) in [6.45, 7) is 2.57. The zero-order chi connectivity index (χ0) is 13.1. The average molecular weight is 312 g/mol. The monoisotopic (exact) mass is 311 g/mol. The normalized spacial score (nSPS) is 17.6. The highest BCUT2D eigenvalue weighted by molar-refractivity contribution is 9.10. The second-order valence-corrected chi connectivity index (χ2v) is 5.58. The van der Waals surface area contributed by atoms with E-state index in [-0.39, 0.29) is 5.91 Å². The summed E-state index contributed by atoms with van der Waals surface area (Å²) in [6.07, 6.45) is 3.64. The van der Waals surface area contributed by atoms with Gasteiger partial charge in [0.25, 0.3) is 0 Å². The van der Waals surface area contributed by atoms with Crippen LogP contribution in [0.3, 0.4) is 0 Å². The number of phenols is 1. The lowest BCUT2D eigenvalue weighted by molar-refractivity contribution is -0.120.